The first-order chi connectivity index (χ1) is 13.5. The van der Waals surface area contributed by atoms with Crippen LogP contribution in [0, 0.1) is 17.2 Å². The highest BCUT2D eigenvalue weighted by molar-refractivity contribution is 5.97. The number of aromatic nitrogens is 2. The second-order valence-electron chi connectivity index (χ2n) is 8.34. The molecule has 2 heterocycles. The van der Waals surface area contributed by atoms with Crippen molar-refractivity contribution in [3.8, 4) is 6.07 Å². The molecule has 5 rings (SSSR count). The minimum absolute atomic E-state index is 0.0380. The molecule has 1 amide bonds. The lowest BCUT2D eigenvalue weighted by Crippen LogP contribution is -2.59. The van der Waals surface area contributed by atoms with Crippen molar-refractivity contribution >= 4 is 16.9 Å². The van der Waals surface area contributed by atoms with Gasteiger partial charge in [-0.15, -0.1) is 0 Å². The third-order valence-electron chi connectivity index (χ3n) is 7.06. The topological polar surface area (TPSA) is 72.8 Å². The molecular formula is C23H22N4O. The lowest BCUT2D eigenvalue weighted by atomic mass is 9.59. The van der Waals surface area contributed by atoms with Crippen molar-refractivity contribution in [3.63, 3.8) is 0 Å². The number of carbonyl (C=O) groups excluding carboxylic acids is 1. The lowest BCUT2D eigenvalue weighted by molar-refractivity contribution is 0.0251. The summed E-state index contributed by atoms with van der Waals surface area (Å²) >= 11 is 0. The van der Waals surface area contributed by atoms with E-state index < -0.39 is 0 Å². The van der Waals surface area contributed by atoms with Gasteiger partial charge in [0, 0.05) is 18.2 Å². The summed E-state index contributed by atoms with van der Waals surface area (Å²) in [6, 6.07) is 14.1. The van der Waals surface area contributed by atoms with Crippen molar-refractivity contribution in [2.24, 2.45) is 5.92 Å². The molecule has 2 aliphatic rings. The van der Waals surface area contributed by atoms with Crippen LogP contribution < -0.4 is 0 Å². The number of hydrogen-bond donors (Lipinski definition) is 1. The highest BCUT2D eigenvalue weighted by atomic mass is 16.2. The quantitative estimate of drug-likeness (QED) is 0.708. The van der Waals surface area contributed by atoms with Crippen molar-refractivity contribution in [2.75, 3.05) is 6.54 Å². The molecule has 1 aliphatic carbocycles. The van der Waals surface area contributed by atoms with Gasteiger partial charge < -0.3 is 9.88 Å². The Morgan fingerprint density at radius 3 is 3.00 bits per heavy atom. The Balaban J connectivity index is 1.53. The van der Waals surface area contributed by atoms with E-state index in [0.717, 1.165) is 30.4 Å². The summed E-state index contributed by atoms with van der Waals surface area (Å²) in [5.74, 6) is 0.441. The van der Waals surface area contributed by atoms with Gasteiger partial charge in [-0.25, -0.2) is 4.98 Å². The normalized spacial score (nSPS) is 26.0. The summed E-state index contributed by atoms with van der Waals surface area (Å²) in [6.45, 7) is 5.33. The average Bonchev–Trinajstić information content (AvgIpc) is 3.17. The smallest absolute Gasteiger partial charge is 0.254 e. The van der Waals surface area contributed by atoms with Gasteiger partial charge in [0.15, 0.2) is 0 Å². The molecule has 1 aromatic heterocycles. The summed E-state index contributed by atoms with van der Waals surface area (Å²) in [5.41, 5.74) is 5.74. The monoisotopic (exact) mass is 370 g/mol. The molecule has 3 atom stereocenters. The minimum atomic E-state index is 0.0380. The van der Waals surface area contributed by atoms with E-state index in [1.807, 2.05) is 35.2 Å². The largest absolute Gasteiger partial charge is 0.345 e. The van der Waals surface area contributed by atoms with E-state index >= 15 is 0 Å². The highest BCUT2D eigenvalue weighted by Gasteiger charge is 2.49. The predicted molar refractivity (Wildman–Crippen MR) is 107 cm³/mol. The van der Waals surface area contributed by atoms with Crippen LogP contribution in [0.25, 0.3) is 11.0 Å². The van der Waals surface area contributed by atoms with Crippen LogP contribution in [0.15, 0.2) is 42.7 Å². The van der Waals surface area contributed by atoms with Crippen LogP contribution in [0.5, 0.6) is 0 Å². The van der Waals surface area contributed by atoms with Crippen molar-refractivity contribution < 1.29 is 4.79 Å². The second kappa shape index (κ2) is 5.93. The van der Waals surface area contributed by atoms with Crippen LogP contribution in [-0.4, -0.2) is 33.4 Å². The molecule has 1 unspecified atom stereocenters. The maximum absolute atomic E-state index is 13.4. The van der Waals surface area contributed by atoms with Crippen molar-refractivity contribution in [2.45, 2.75) is 38.1 Å². The van der Waals surface area contributed by atoms with E-state index in [1.165, 1.54) is 11.1 Å². The fourth-order valence-electron chi connectivity index (χ4n) is 5.21. The molecule has 1 aliphatic heterocycles. The van der Waals surface area contributed by atoms with E-state index in [0.29, 0.717) is 17.0 Å². The van der Waals surface area contributed by atoms with Crippen LogP contribution in [0.1, 0.15) is 47.3 Å². The maximum atomic E-state index is 13.4. The predicted octanol–water partition coefficient (Wildman–Crippen LogP) is 3.80. The van der Waals surface area contributed by atoms with Crippen molar-refractivity contribution in [1.82, 2.24) is 14.9 Å². The van der Waals surface area contributed by atoms with Gasteiger partial charge in [-0.2, -0.15) is 5.26 Å². The molecule has 0 saturated carbocycles. The van der Waals surface area contributed by atoms with E-state index in [-0.39, 0.29) is 17.4 Å². The SMILES string of the molecule is C[C@@H]1C2Cc3cc(C#N)ccc3[C@]1(C)CCN2C(=O)c1ccc2nc[nH]c2c1. The zero-order chi connectivity index (χ0) is 19.5. The molecule has 3 aromatic rings. The van der Waals surface area contributed by atoms with Gasteiger partial charge in [0.2, 0.25) is 0 Å². The molecule has 1 N–H and O–H groups in total. The van der Waals surface area contributed by atoms with Gasteiger partial charge in [-0.3, -0.25) is 4.79 Å². The molecule has 140 valence electrons. The van der Waals surface area contributed by atoms with E-state index in [4.69, 9.17) is 0 Å². The number of fused-ring (bicyclic) bond motifs is 5. The molecule has 1 fully saturated rings. The van der Waals surface area contributed by atoms with Crippen molar-refractivity contribution in [3.05, 3.63) is 65.0 Å². The fraction of sp³-hybridized carbons (Fsp3) is 0.348. The molecule has 2 bridgehead atoms. The first-order valence-corrected chi connectivity index (χ1v) is 9.79. The Morgan fingerprint density at radius 2 is 2.18 bits per heavy atom. The standard InChI is InChI=1S/C23H22N4O/c1-14-21-11-17-9-15(12-24)3-5-18(17)23(14,2)7-8-27(21)22(28)16-4-6-19-20(10-16)26-13-25-19/h3-6,9-10,13-14,21H,7-8,11H2,1-2H3,(H,25,26)/t14-,21?,23-/m1/s1. The summed E-state index contributed by atoms with van der Waals surface area (Å²) in [6.07, 6.45) is 3.39. The molecule has 5 heteroatoms. The number of piperidine rings is 1. The molecule has 1 saturated heterocycles. The van der Waals surface area contributed by atoms with Gasteiger partial charge >= 0.3 is 0 Å². The third kappa shape index (κ3) is 2.31. The van der Waals surface area contributed by atoms with Crippen LogP contribution in [0.3, 0.4) is 0 Å². The van der Waals surface area contributed by atoms with E-state index in [2.05, 4.69) is 36.0 Å². The van der Waals surface area contributed by atoms with Gasteiger partial charge in [0.05, 0.1) is 29.0 Å². The highest BCUT2D eigenvalue weighted by Crippen LogP contribution is 2.49. The maximum Gasteiger partial charge on any atom is 0.254 e. The number of H-pyrrole nitrogens is 1. The number of nitrogens with zero attached hydrogens (tertiary/aromatic N) is 3. The van der Waals surface area contributed by atoms with Crippen LogP contribution in [-0.2, 0) is 11.8 Å². The molecule has 28 heavy (non-hydrogen) atoms. The number of hydrogen-bond acceptors (Lipinski definition) is 3. The number of carbonyl (C=O) groups is 1. The number of likely N-dealkylation sites (tertiary alicyclic amines) is 1. The van der Waals surface area contributed by atoms with Gasteiger partial charge in [0.25, 0.3) is 5.91 Å². The lowest BCUT2D eigenvalue weighted by Gasteiger charge is -2.54. The Labute approximate surface area is 164 Å². The number of nitriles is 1. The Hall–Kier alpha value is -3.13. The Kier molecular flexibility index (Phi) is 3.60. The Morgan fingerprint density at radius 1 is 1.32 bits per heavy atom. The molecular weight excluding hydrogens is 348 g/mol. The zero-order valence-corrected chi connectivity index (χ0v) is 16.1. The number of aromatic amines is 1. The number of amides is 1. The average molecular weight is 370 g/mol. The van der Waals surface area contributed by atoms with Gasteiger partial charge in [0.1, 0.15) is 0 Å². The van der Waals surface area contributed by atoms with E-state index in [1.54, 1.807) is 6.33 Å². The summed E-state index contributed by atoms with van der Waals surface area (Å²) < 4.78 is 0. The first-order valence-electron chi connectivity index (χ1n) is 9.79. The molecule has 0 radical (unpaired) electrons. The molecule has 2 aromatic carbocycles. The van der Waals surface area contributed by atoms with Gasteiger partial charge in [-0.05, 0) is 65.6 Å². The number of imidazole rings is 1. The molecule has 5 nitrogen and oxygen atoms in total. The van der Waals surface area contributed by atoms with Crippen LogP contribution in [0.4, 0.5) is 0 Å². The summed E-state index contributed by atoms with van der Waals surface area (Å²) in [5, 5.41) is 9.29. The van der Waals surface area contributed by atoms with E-state index in [9.17, 15) is 10.1 Å². The van der Waals surface area contributed by atoms with Gasteiger partial charge in [-0.1, -0.05) is 19.9 Å². The second-order valence-corrected chi connectivity index (χ2v) is 8.34. The summed E-state index contributed by atoms with van der Waals surface area (Å²) in [4.78, 5) is 22.8. The first kappa shape index (κ1) is 17.0. The van der Waals surface area contributed by atoms with Crippen LogP contribution in [0.2, 0.25) is 0 Å². The summed E-state index contributed by atoms with van der Waals surface area (Å²) in [7, 11) is 0. The van der Waals surface area contributed by atoms with Crippen molar-refractivity contribution in [1.29, 1.82) is 5.26 Å². The minimum Gasteiger partial charge on any atom is -0.345 e. The van der Waals surface area contributed by atoms with Crippen LogP contribution >= 0.6 is 0 Å². The molecule has 0 spiro atoms. The number of benzene rings is 2. The third-order valence-corrected chi connectivity index (χ3v) is 7.06. The fourth-order valence-corrected chi connectivity index (χ4v) is 5.21. The number of nitrogens with one attached hydrogen (secondary N) is 1. The Bertz CT molecular complexity index is 1140. The number of rotatable bonds is 1. The zero-order valence-electron chi connectivity index (χ0n) is 16.1.